The molecule has 4 atom stereocenters. The Morgan fingerprint density at radius 1 is 1.15 bits per heavy atom. The Hall–Kier alpha value is -1.76. The summed E-state index contributed by atoms with van der Waals surface area (Å²) in [6.07, 6.45) is -0.140. The molecule has 0 amide bonds. The largest absolute Gasteiger partial charge is 0.394 e. The third-order valence-electron chi connectivity index (χ3n) is 5.62. The smallest absolute Gasteiger partial charge is 0.198 e. The lowest BCUT2D eigenvalue weighted by Crippen LogP contribution is -2.45. The zero-order chi connectivity index (χ0) is 19.0. The van der Waals surface area contributed by atoms with Gasteiger partial charge in [-0.2, -0.15) is 0 Å². The van der Waals surface area contributed by atoms with Crippen molar-refractivity contribution in [2.45, 2.75) is 56.9 Å². The summed E-state index contributed by atoms with van der Waals surface area (Å²) >= 11 is 0. The van der Waals surface area contributed by atoms with Gasteiger partial charge in [0.25, 0.3) is 0 Å². The molecular weight excluding hydrogens is 344 g/mol. The molecule has 1 saturated heterocycles. The molecule has 3 unspecified atom stereocenters. The standard InChI is InChI=1S/C22H26O5/c1-2-14-3-5-15(6-4-14)21(25)16-7-8-17-13-26-22(20(17)9-16)11-18(24)10-19(12-23)27-22/h3-9,18-19,21,23-25H,2,10-13H2,1H3/t18?,19?,21?,22-/m1/s1. The average molecular weight is 370 g/mol. The lowest BCUT2D eigenvalue weighted by molar-refractivity contribution is -0.302. The SMILES string of the molecule is CCc1ccc(C(O)c2ccc3c(c2)[C@]2(CC(O)CC(CO)O2)OC3)cc1. The molecule has 0 radical (unpaired) electrons. The van der Waals surface area contributed by atoms with Crippen LogP contribution in [-0.2, 0) is 28.3 Å². The predicted octanol–water partition coefficient (Wildman–Crippen LogP) is 2.55. The molecule has 27 heavy (non-hydrogen) atoms. The van der Waals surface area contributed by atoms with E-state index in [0.29, 0.717) is 19.4 Å². The van der Waals surface area contributed by atoms with Gasteiger partial charge in [0.05, 0.1) is 25.4 Å². The minimum atomic E-state index is -1.05. The number of aliphatic hydroxyl groups is 3. The highest BCUT2D eigenvalue weighted by Crippen LogP contribution is 2.46. The Kier molecular flexibility index (Phi) is 5.05. The fourth-order valence-electron chi connectivity index (χ4n) is 4.09. The quantitative estimate of drug-likeness (QED) is 0.771. The van der Waals surface area contributed by atoms with Crippen LogP contribution in [0.1, 0.15) is 53.7 Å². The number of hydrogen-bond donors (Lipinski definition) is 3. The van der Waals surface area contributed by atoms with E-state index in [1.165, 1.54) is 5.56 Å². The average Bonchev–Trinajstić information content (AvgIpc) is 3.03. The van der Waals surface area contributed by atoms with Crippen molar-refractivity contribution < 1.29 is 24.8 Å². The molecule has 0 aliphatic carbocycles. The van der Waals surface area contributed by atoms with E-state index in [0.717, 1.165) is 28.7 Å². The van der Waals surface area contributed by atoms with Gasteiger partial charge in [-0.25, -0.2) is 0 Å². The van der Waals surface area contributed by atoms with Crippen LogP contribution in [0.2, 0.25) is 0 Å². The first-order valence-electron chi connectivity index (χ1n) is 9.55. The second kappa shape index (κ2) is 7.34. The van der Waals surface area contributed by atoms with Crippen molar-refractivity contribution in [1.82, 2.24) is 0 Å². The molecule has 1 spiro atoms. The number of ether oxygens (including phenoxy) is 2. The third kappa shape index (κ3) is 3.42. The van der Waals surface area contributed by atoms with Gasteiger partial charge in [-0.3, -0.25) is 0 Å². The molecule has 5 nitrogen and oxygen atoms in total. The molecule has 0 aromatic heterocycles. The van der Waals surface area contributed by atoms with Crippen LogP contribution in [0.3, 0.4) is 0 Å². The fraction of sp³-hybridized carbons (Fsp3) is 0.455. The molecule has 2 heterocycles. The summed E-state index contributed by atoms with van der Waals surface area (Å²) in [5, 5.41) is 30.6. The van der Waals surface area contributed by atoms with E-state index in [9.17, 15) is 15.3 Å². The zero-order valence-electron chi connectivity index (χ0n) is 15.5. The Labute approximate surface area is 159 Å². The van der Waals surface area contributed by atoms with Crippen LogP contribution < -0.4 is 0 Å². The van der Waals surface area contributed by atoms with Gasteiger partial charge in [0.1, 0.15) is 6.10 Å². The summed E-state index contributed by atoms with van der Waals surface area (Å²) in [5.41, 5.74) is 4.64. The first-order chi connectivity index (χ1) is 13.0. The van der Waals surface area contributed by atoms with Crippen LogP contribution >= 0.6 is 0 Å². The number of fused-ring (bicyclic) bond motifs is 2. The zero-order valence-corrected chi connectivity index (χ0v) is 15.5. The van der Waals surface area contributed by atoms with E-state index >= 15 is 0 Å². The van der Waals surface area contributed by atoms with Crippen LogP contribution in [0, 0.1) is 0 Å². The summed E-state index contributed by atoms with van der Waals surface area (Å²) in [6, 6.07) is 13.7. The van der Waals surface area contributed by atoms with Crippen molar-refractivity contribution in [3.8, 4) is 0 Å². The van der Waals surface area contributed by atoms with E-state index in [-0.39, 0.29) is 6.61 Å². The van der Waals surface area contributed by atoms with Crippen molar-refractivity contribution in [1.29, 1.82) is 0 Å². The second-order valence-corrected chi connectivity index (χ2v) is 7.47. The maximum atomic E-state index is 10.9. The maximum absolute atomic E-state index is 10.9. The monoisotopic (exact) mass is 370 g/mol. The molecule has 0 bridgehead atoms. The number of benzene rings is 2. The van der Waals surface area contributed by atoms with E-state index in [2.05, 4.69) is 6.92 Å². The van der Waals surface area contributed by atoms with E-state index in [1.807, 2.05) is 42.5 Å². The highest BCUT2D eigenvalue weighted by Gasteiger charge is 2.48. The second-order valence-electron chi connectivity index (χ2n) is 7.47. The van der Waals surface area contributed by atoms with Crippen molar-refractivity contribution in [2.24, 2.45) is 0 Å². The topological polar surface area (TPSA) is 79.2 Å². The summed E-state index contributed by atoms with van der Waals surface area (Å²) < 4.78 is 12.0. The first kappa shape index (κ1) is 18.6. The molecule has 2 aromatic rings. The molecule has 1 fully saturated rings. The third-order valence-corrected chi connectivity index (χ3v) is 5.62. The number of aryl methyl sites for hydroxylation is 1. The Balaban J connectivity index is 1.66. The normalized spacial score (nSPS) is 28.3. The van der Waals surface area contributed by atoms with Gasteiger partial charge in [0, 0.05) is 18.4 Å². The molecule has 2 aliphatic rings. The number of rotatable bonds is 4. The molecule has 5 heteroatoms. The molecule has 2 aromatic carbocycles. The number of hydrogen-bond acceptors (Lipinski definition) is 5. The van der Waals surface area contributed by atoms with Gasteiger partial charge in [-0.15, -0.1) is 0 Å². The maximum Gasteiger partial charge on any atom is 0.198 e. The first-order valence-corrected chi connectivity index (χ1v) is 9.55. The summed E-state index contributed by atoms with van der Waals surface area (Å²) in [4.78, 5) is 0. The Bertz CT molecular complexity index is 803. The van der Waals surface area contributed by atoms with Gasteiger partial charge in [0.15, 0.2) is 5.79 Å². The molecule has 0 saturated carbocycles. The van der Waals surface area contributed by atoms with E-state index in [4.69, 9.17) is 9.47 Å². The van der Waals surface area contributed by atoms with Gasteiger partial charge in [-0.05, 0) is 34.7 Å². The van der Waals surface area contributed by atoms with Crippen LogP contribution in [0.5, 0.6) is 0 Å². The van der Waals surface area contributed by atoms with Crippen LogP contribution in [0.25, 0.3) is 0 Å². The summed E-state index contributed by atoms with van der Waals surface area (Å²) in [5.74, 6) is -1.05. The van der Waals surface area contributed by atoms with Crippen LogP contribution in [0.15, 0.2) is 42.5 Å². The van der Waals surface area contributed by atoms with Crippen molar-refractivity contribution in [3.63, 3.8) is 0 Å². The summed E-state index contributed by atoms with van der Waals surface area (Å²) in [7, 11) is 0. The lowest BCUT2D eigenvalue weighted by Gasteiger charge is -2.40. The highest BCUT2D eigenvalue weighted by molar-refractivity contribution is 5.41. The van der Waals surface area contributed by atoms with Gasteiger partial charge in [-0.1, -0.05) is 43.3 Å². The van der Waals surface area contributed by atoms with Crippen LogP contribution in [-0.4, -0.2) is 34.1 Å². The molecule has 144 valence electrons. The van der Waals surface area contributed by atoms with Gasteiger partial charge < -0.3 is 24.8 Å². The number of aliphatic hydroxyl groups excluding tert-OH is 3. The van der Waals surface area contributed by atoms with Crippen molar-refractivity contribution in [2.75, 3.05) is 6.61 Å². The molecular formula is C22H26O5. The minimum Gasteiger partial charge on any atom is -0.394 e. The summed E-state index contributed by atoms with van der Waals surface area (Å²) in [6.45, 7) is 2.33. The lowest BCUT2D eigenvalue weighted by atomic mass is 9.89. The molecule has 4 rings (SSSR count). The fourth-order valence-corrected chi connectivity index (χ4v) is 4.09. The Morgan fingerprint density at radius 3 is 2.59 bits per heavy atom. The van der Waals surface area contributed by atoms with Crippen molar-refractivity contribution in [3.05, 3.63) is 70.3 Å². The van der Waals surface area contributed by atoms with Gasteiger partial charge >= 0.3 is 0 Å². The molecule has 3 N–H and O–H groups in total. The van der Waals surface area contributed by atoms with Crippen molar-refractivity contribution >= 4 is 0 Å². The molecule has 2 aliphatic heterocycles. The van der Waals surface area contributed by atoms with Crippen LogP contribution in [0.4, 0.5) is 0 Å². The van der Waals surface area contributed by atoms with Gasteiger partial charge in [0.2, 0.25) is 0 Å². The highest BCUT2D eigenvalue weighted by atomic mass is 16.7. The Morgan fingerprint density at radius 2 is 1.89 bits per heavy atom. The predicted molar refractivity (Wildman–Crippen MR) is 100.0 cm³/mol. The minimum absolute atomic E-state index is 0.163. The van der Waals surface area contributed by atoms with E-state index < -0.39 is 24.1 Å². The van der Waals surface area contributed by atoms with E-state index in [1.54, 1.807) is 0 Å².